The predicted octanol–water partition coefficient (Wildman–Crippen LogP) is 20.5. The van der Waals surface area contributed by atoms with E-state index in [1.807, 2.05) is 0 Å². The van der Waals surface area contributed by atoms with Crippen molar-refractivity contribution in [1.82, 2.24) is 0 Å². The molecule has 19 heteroatoms. The van der Waals surface area contributed by atoms with Crippen LogP contribution in [0.4, 0.5) is 0 Å². The Balaban J connectivity index is 5.02. The summed E-state index contributed by atoms with van der Waals surface area (Å²) in [7, 11) is -9.88. The second-order valence-corrected chi connectivity index (χ2v) is 29.0. The Kier molecular flexibility index (Phi) is 63.0. The third-order valence-corrected chi connectivity index (χ3v) is 18.4. The summed E-state index contributed by atoms with van der Waals surface area (Å²) in [5.41, 5.74) is 0. The van der Waals surface area contributed by atoms with Crippen LogP contribution in [-0.4, -0.2) is 96.7 Å². The summed E-state index contributed by atoms with van der Waals surface area (Å²) in [6.07, 6.45) is 52.5. The summed E-state index contributed by atoms with van der Waals surface area (Å²) < 4.78 is 67.8. The van der Waals surface area contributed by atoms with E-state index in [-0.39, 0.29) is 25.7 Å². The number of hydrogen-bond acceptors (Lipinski definition) is 15. The van der Waals surface area contributed by atoms with E-state index < -0.39 is 97.5 Å². The van der Waals surface area contributed by atoms with Crippen LogP contribution < -0.4 is 0 Å². The molecule has 0 saturated heterocycles. The van der Waals surface area contributed by atoms with E-state index >= 15 is 0 Å². The molecule has 5 atom stereocenters. The third-order valence-electron chi connectivity index (χ3n) is 16.5. The van der Waals surface area contributed by atoms with Gasteiger partial charge in [-0.2, -0.15) is 0 Å². The van der Waals surface area contributed by atoms with Crippen molar-refractivity contribution in [3.05, 3.63) is 0 Å². The fourth-order valence-electron chi connectivity index (χ4n) is 10.8. The normalized spacial score (nSPS) is 14.1. The molecule has 0 spiro atoms. The molecule has 17 nitrogen and oxygen atoms in total. The number of ether oxygens (including phenoxy) is 4. The molecular weight excluding hydrogens is 1190 g/mol. The van der Waals surface area contributed by atoms with Crippen molar-refractivity contribution in [2.24, 2.45) is 5.92 Å². The highest BCUT2D eigenvalue weighted by Crippen LogP contribution is 2.45. The summed E-state index contributed by atoms with van der Waals surface area (Å²) in [5.74, 6) is -1.34. The summed E-state index contributed by atoms with van der Waals surface area (Å²) in [5, 5.41) is 10.5. The van der Waals surface area contributed by atoms with E-state index in [1.54, 1.807) is 0 Å². The van der Waals surface area contributed by atoms with Crippen molar-refractivity contribution in [2.75, 3.05) is 39.6 Å². The van der Waals surface area contributed by atoms with Crippen LogP contribution in [0.25, 0.3) is 0 Å². The first-order valence-electron chi connectivity index (χ1n) is 37.1. The van der Waals surface area contributed by atoms with Gasteiger partial charge < -0.3 is 33.8 Å². The number of aliphatic hydroxyl groups is 1. The monoisotopic (exact) mass is 1320 g/mol. The predicted molar refractivity (Wildman–Crippen MR) is 363 cm³/mol. The first-order valence-corrected chi connectivity index (χ1v) is 40.1. The van der Waals surface area contributed by atoms with Crippen LogP contribution in [0.5, 0.6) is 0 Å². The highest BCUT2D eigenvalue weighted by atomic mass is 31.2. The van der Waals surface area contributed by atoms with Gasteiger partial charge in [0, 0.05) is 25.7 Å². The van der Waals surface area contributed by atoms with Crippen LogP contribution >= 0.6 is 15.6 Å². The number of hydrogen-bond donors (Lipinski definition) is 3. The average Bonchev–Trinajstić information content (AvgIpc) is 3.62. The SMILES string of the molecule is CCCCCCCCCCCCCCCCCCCCCCCCC(=O)O[C@H](COC(=O)CCCCCCCCCCCCCCCCCC(C)C)COP(=O)(O)OC[C@@H](O)COP(=O)(O)OC[C@@H](COC(=O)CCCCCCC)OC(=O)CCCCCCC. The largest absolute Gasteiger partial charge is 0.472 e. The van der Waals surface area contributed by atoms with Crippen LogP contribution in [0.3, 0.4) is 0 Å². The minimum absolute atomic E-state index is 0.0991. The van der Waals surface area contributed by atoms with E-state index in [0.717, 1.165) is 102 Å². The lowest BCUT2D eigenvalue weighted by atomic mass is 10.0. The van der Waals surface area contributed by atoms with Gasteiger partial charge in [-0.25, -0.2) is 9.13 Å². The van der Waals surface area contributed by atoms with Crippen molar-refractivity contribution in [1.29, 1.82) is 0 Å². The Morgan fingerprint density at radius 3 is 0.756 bits per heavy atom. The number of rotatable bonds is 71. The van der Waals surface area contributed by atoms with Crippen LogP contribution in [0.1, 0.15) is 369 Å². The molecule has 0 heterocycles. The maximum atomic E-state index is 13.0. The Morgan fingerprint density at radius 1 is 0.300 bits per heavy atom. The summed E-state index contributed by atoms with van der Waals surface area (Å²) in [6, 6.07) is 0. The summed E-state index contributed by atoms with van der Waals surface area (Å²) >= 11 is 0. The maximum absolute atomic E-state index is 13.0. The van der Waals surface area contributed by atoms with Gasteiger partial charge in [0.25, 0.3) is 0 Å². The number of phosphoric ester groups is 2. The lowest BCUT2D eigenvalue weighted by Gasteiger charge is -2.21. The molecule has 0 saturated carbocycles. The van der Waals surface area contributed by atoms with Gasteiger partial charge in [0.05, 0.1) is 26.4 Å². The number of carbonyl (C=O) groups excluding carboxylic acids is 4. The first kappa shape index (κ1) is 88.1. The van der Waals surface area contributed by atoms with Crippen LogP contribution in [0.2, 0.25) is 0 Å². The molecule has 90 heavy (non-hydrogen) atoms. The lowest BCUT2D eigenvalue weighted by molar-refractivity contribution is -0.161. The molecule has 0 aliphatic rings. The Hall–Kier alpha value is -1.94. The molecule has 0 bridgehead atoms. The topological polar surface area (TPSA) is 237 Å². The number of carbonyl (C=O) groups is 4. The second-order valence-electron chi connectivity index (χ2n) is 26.1. The minimum atomic E-state index is -4.95. The quantitative estimate of drug-likeness (QED) is 0.0222. The van der Waals surface area contributed by atoms with E-state index in [2.05, 4.69) is 34.6 Å². The molecular formula is C71H138O17P2. The van der Waals surface area contributed by atoms with Crippen LogP contribution in [0, 0.1) is 5.92 Å². The molecule has 3 N–H and O–H groups in total. The minimum Gasteiger partial charge on any atom is -0.462 e. The van der Waals surface area contributed by atoms with Crippen molar-refractivity contribution in [3.8, 4) is 0 Å². The van der Waals surface area contributed by atoms with Gasteiger partial charge in [0.2, 0.25) is 0 Å². The fourth-order valence-corrected chi connectivity index (χ4v) is 12.4. The van der Waals surface area contributed by atoms with Gasteiger partial charge in [-0.05, 0) is 31.6 Å². The van der Waals surface area contributed by atoms with Crippen molar-refractivity contribution in [3.63, 3.8) is 0 Å². The highest BCUT2D eigenvalue weighted by Gasteiger charge is 2.30. The molecule has 0 fully saturated rings. The molecule has 0 aromatic rings. The molecule has 534 valence electrons. The Bertz CT molecular complexity index is 1740. The molecule has 0 aromatic carbocycles. The van der Waals surface area contributed by atoms with Gasteiger partial charge in [0.1, 0.15) is 19.3 Å². The van der Waals surface area contributed by atoms with Gasteiger partial charge >= 0.3 is 39.5 Å². The number of unbranched alkanes of at least 4 members (excludes halogenated alkanes) is 43. The lowest BCUT2D eigenvalue weighted by Crippen LogP contribution is -2.30. The van der Waals surface area contributed by atoms with E-state index in [1.165, 1.54) is 186 Å². The Morgan fingerprint density at radius 2 is 0.511 bits per heavy atom. The second kappa shape index (κ2) is 64.4. The first-order chi connectivity index (χ1) is 43.5. The van der Waals surface area contributed by atoms with Crippen molar-refractivity contribution < 1.29 is 80.2 Å². The van der Waals surface area contributed by atoms with Gasteiger partial charge in [-0.1, -0.05) is 317 Å². The Labute approximate surface area is 549 Å². The zero-order chi connectivity index (χ0) is 66.3. The summed E-state index contributed by atoms with van der Waals surface area (Å²) in [6.45, 7) is 7.08. The third kappa shape index (κ3) is 64.8. The molecule has 0 aliphatic heterocycles. The smallest absolute Gasteiger partial charge is 0.462 e. The van der Waals surface area contributed by atoms with Crippen molar-refractivity contribution >= 4 is 39.5 Å². The van der Waals surface area contributed by atoms with Crippen LogP contribution in [-0.2, 0) is 65.4 Å². The van der Waals surface area contributed by atoms with Gasteiger partial charge in [-0.15, -0.1) is 0 Å². The summed E-state index contributed by atoms with van der Waals surface area (Å²) in [4.78, 5) is 71.9. The fraction of sp³-hybridized carbons (Fsp3) is 0.944. The zero-order valence-electron chi connectivity index (χ0n) is 58.3. The van der Waals surface area contributed by atoms with Gasteiger partial charge in [0.15, 0.2) is 12.2 Å². The molecule has 2 unspecified atom stereocenters. The van der Waals surface area contributed by atoms with Gasteiger partial charge in [-0.3, -0.25) is 37.3 Å². The average molecular weight is 1330 g/mol. The molecule has 0 aliphatic carbocycles. The molecule has 0 rings (SSSR count). The van der Waals surface area contributed by atoms with E-state index in [4.69, 9.17) is 37.0 Å². The van der Waals surface area contributed by atoms with E-state index in [0.29, 0.717) is 25.7 Å². The zero-order valence-corrected chi connectivity index (χ0v) is 60.1. The number of phosphoric acid groups is 2. The highest BCUT2D eigenvalue weighted by molar-refractivity contribution is 7.47. The van der Waals surface area contributed by atoms with Crippen molar-refractivity contribution in [2.45, 2.75) is 387 Å². The standard InChI is InChI=1S/C71H138O17P2/c1-6-9-12-15-16-17-18-19-20-21-22-23-24-25-26-29-33-36-39-42-47-52-57-71(76)88-67(61-82-69(74)55-50-46-41-38-35-32-30-27-28-31-34-37-40-45-48-53-64(4)5)63-86-90(79,80)84-59-65(72)58-83-89(77,78)85-62-66(87-70(75)56-51-44-14-11-8-3)60-81-68(73)54-49-43-13-10-7-2/h64-67,72H,6-63H2,1-5H3,(H,77,78)(H,79,80)/t65-,66+,67+/m0/s1. The molecule has 0 radical (unpaired) electrons. The molecule has 0 aromatic heterocycles. The molecule has 0 amide bonds. The number of aliphatic hydroxyl groups excluding tert-OH is 1. The van der Waals surface area contributed by atoms with Crippen LogP contribution in [0.15, 0.2) is 0 Å². The van der Waals surface area contributed by atoms with E-state index in [9.17, 15) is 43.2 Å². The maximum Gasteiger partial charge on any atom is 0.472 e. The number of esters is 4.